The van der Waals surface area contributed by atoms with Gasteiger partial charge in [-0.15, -0.1) is 0 Å². The van der Waals surface area contributed by atoms with Crippen molar-refractivity contribution >= 4 is 61.1 Å². The van der Waals surface area contributed by atoms with Crippen LogP contribution in [0.5, 0.6) is 0 Å². The summed E-state index contributed by atoms with van der Waals surface area (Å²) in [4.78, 5) is 30.5. The van der Waals surface area contributed by atoms with E-state index in [1.807, 2.05) is 43.2 Å². The zero-order chi connectivity index (χ0) is 25.6. The van der Waals surface area contributed by atoms with Crippen LogP contribution >= 0.6 is 43.2 Å². The van der Waals surface area contributed by atoms with Gasteiger partial charge in [-0.1, -0.05) is 62.4 Å². The summed E-state index contributed by atoms with van der Waals surface area (Å²) in [5.41, 5.74) is 10.4. The molecule has 0 aromatic rings. The van der Waals surface area contributed by atoms with Gasteiger partial charge in [0.1, 0.15) is 6.04 Å². The fraction of sp³-hybridized carbons (Fsp3) is 0.864. The van der Waals surface area contributed by atoms with Crippen LogP contribution in [-0.2, 0) is 14.4 Å². The Morgan fingerprint density at radius 2 is 1.24 bits per heavy atom. The monoisotopic (exact) mass is 558 g/mol. The summed E-state index contributed by atoms with van der Waals surface area (Å²) in [5.74, 6) is 0.284. The summed E-state index contributed by atoms with van der Waals surface area (Å²) in [6.45, 7) is 0.604. The highest BCUT2D eigenvalue weighted by molar-refractivity contribution is 8.77. The molecule has 3 atom stereocenters. The van der Waals surface area contributed by atoms with Crippen molar-refractivity contribution in [2.75, 3.05) is 18.1 Å². The predicted molar refractivity (Wildman–Crippen MR) is 148 cm³/mol. The predicted octanol–water partition coefficient (Wildman–Crippen LogP) is 5.10. The summed E-state index contributed by atoms with van der Waals surface area (Å²) in [6.07, 6.45) is 11.7. The molecule has 12 heteroatoms. The van der Waals surface area contributed by atoms with Crippen molar-refractivity contribution in [2.45, 2.75) is 100 Å². The van der Waals surface area contributed by atoms with Crippen LogP contribution in [0.1, 0.15) is 83.5 Å². The van der Waals surface area contributed by atoms with Crippen molar-refractivity contribution in [3.8, 4) is 0 Å². The van der Waals surface area contributed by atoms with Crippen molar-refractivity contribution in [1.82, 2.24) is 0 Å². The standard InChI is InChI=1S/2C8H14O2S2.C6H14N2O2/c2*9-8(10)4-2-1-3-7-5-6-11-12-7;7-4-2-1-3-5(8)6(9)10/h2*7H,1-6H2,(H,9,10);5H,1-4,7-8H2,(H,9,10)/t2*7-;5-/m000/s1. The topological polar surface area (TPSA) is 164 Å². The lowest BCUT2D eigenvalue weighted by Gasteiger charge is -2.04. The second-order valence-electron chi connectivity index (χ2n) is 8.17. The fourth-order valence-corrected chi connectivity index (χ4v) is 9.11. The number of nitrogens with two attached hydrogens (primary N) is 2. The highest BCUT2D eigenvalue weighted by atomic mass is 33.1. The van der Waals surface area contributed by atoms with E-state index in [9.17, 15) is 14.4 Å². The molecule has 2 saturated heterocycles. The highest BCUT2D eigenvalue weighted by Crippen LogP contribution is 2.40. The molecule has 0 saturated carbocycles. The van der Waals surface area contributed by atoms with Crippen LogP contribution in [0.3, 0.4) is 0 Å². The average molecular weight is 559 g/mol. The van der Waals surface area contributed by atoms with E-state index in [2.05, 4.69) is 0 Å². The summed E-state index contributed by atoms with van der Waals surface area (Å²) in [5, 5.41) is 26.7. The van der Waals surface area contributed by atoms with Crippen molar-refractivity contribution in [3.05, 3.63) is 0 Å². The molecule has 2 rings (SSSR count). The van der Waals surface area contributed by atoms with Crippen LogP contribution < -0.4 is 11.5 Å². The van der Waals surface area contributed by atoms with Gasteiger partial charge >= 0.3 is 17.9 Å². The molecule has 0 aliphatic carbocycles. The molecule has 0 radical (unpaired) electrons. The van der Waals surface area contributed by atoms with Gasteiger partial charge in [-0.05, 0) is 57.9 Å². The van der Waals surface area contributed by atoms with E-state index < -0.39 is 23.9 Å². The van der Waals surface area contributed by atoms with Gasteiger partial charge < -0.3 is 26.8 Å². The molecule has 0 aromatic carbocycles. The molecule has 7 N–H and O–H groups in total. The van der Waals surface area contributed by atoms with Gasteiger partial charge in [-0.25, -0.2) is 0 Å². The third kappa shape index (κ3) is 22.2. The normalized spacial score (nSPS) is 19.9. The second kappa shape index (κ2) is 23.1. The largest absolute Gasteiger partial charge is 0.481 e. The lowest BCUT2D eigenvalue weighted by molar-refractivity contribution is -0.139. The van der Waals surface area contributed by atoms with E-state index in [0.717, 1.165) is 49.0 Å². The molecule has 0 aromatic heterocycles. The maximum Gasteiger partial charge on any atom is 0.320 e. The number of unbranched alkanes of at least 4 members (excludes halogenated alkanes) is 3. The second-order valence-corrected chi connectivity index (χ2v) is 13.7. The maximum atomic E-state index is 10.2. The number of carbonyl (C=O) groups is 3. The minimum atomic E-state index is -0.933. The van der Waals surface area contributed by atoms with Gasteiger partial charge in [0.25, 0.3) is 0 Å². The molecule has 0 bridgehead atoms. The van der Waals surface area contributed by atoms with Gasteiger partial charge in [0.05, 0.1) is 0 Å². The van der Waals surface area contributed by atoms with Gasteiger partial charge in [-0.2, -0.15) is 0 Å². The van der Waals surface area contributed by atoms with E-state index in [1.165, 1.54) is 37.2 Å². The molecule has 0 unspecified atom stereocenters. The minimum absolute atomic E-state index is 0.338. The zero-order valence-corrected chi connectivity index (χ0v) is 23.2. The molecular weight excluding hydrogens is 517 g/mol. The van der Waals surface area contributed by atoms with Crippen LogP contribution in [0.4, 0.5) is 0 Å². The average Bonchev–Trinajstić information content (AvgIpc) is 3.49. The molecular formula is C22H42N2O6S4. The summed E-state index contributed by atoms with van der Waals surface area (Å²) in [7, 11) is 7.83. The number of carboxylic acids is 3. The molecule has 0 amide bonds. The first kappa shape index (κ1) is 33.7. The van der Waals surface area contributed by atoms with Gasteiger partial charge in [0.15, 0.2) is 0 Å². The van der Waals surface area contributed by atoms with Gasteiger partial charge in [-0.3, -0.25) is 14.4 Å². The van der Waals surface area contributed by atoms with Gasteiger partial charge in [0.2, 0.25) is 0 Å². The lowest BCUT2D eigenvalue weighted by Crippen LogP contribution is -2.29. The molecule has 2 aliphatic rings. The molecule has 2 fully saturated rings. The molecule has 0 spiro atoms. The molecule has 200 valence electrons. The Morgan fingerprint density at radius 1 is 0.765 bits per heavy atom. The van der Waals surface area contributed by atoms with Crippen LogP contribution in [-0.4, -0.2) is 67.8 Å². The van der Waals surface area contributed by atoms with E-state index in [0.29, 0.717) is 25.8 Å². The van der Waals surface area contributed by atoms with Crippen molar-refractivity contribution in [1.29, 1.82) is 0 Å². The Bertz CT molecular complexity index is 513. The van der Waals surface area contributed by atoms with E-state index in [1.54, 1.807) is 0 Å². The molecule has 2 heterocycles. The number of hydrogen-bond acceptors (Lipinski definition) is 9. The third-order valence-corrected chi connectivity index (χ3v) is 11.1. The van der Waals surface area contributed by atoms with Crippen molar-refractivity contribution in [3.63, 3.8) is 0 Å². The Labute approximate surface area is 219 Å². The Hall–Kier alpha value is -0.270. The zero-order valence-electron chi connectivity index (χ0n) is 19.9. The summed E-state index contributed by atoms with van der Waals surface area (Å²) >= 11 is 0. The first-order valence-corrected chi connectivity index (χ1v) is 16.7. The van der Waals surface area contributed by atoms with Crippen LogP contribution in [0.25, 0.3) is 0 Å². The first-order valence-electron chi connectivity index (χ1n) is 11.9. The van der Waals surface area contributed by atoms with Crippen LogP contribution in [0.15, 0.2) is 0 Å². The van der Waals surface area contributed by atoms with E-state index >= 15 is 0 Å². The quantitative estimate of drug-likeness (QED) is 0.134. The van der Waals surface area contributed by atoms with Crippen molar-refractivity contribution < 1.29 is 29.7 Å². The summed E-state index contributed by atoms with van der Waals surface area (Å²) in [6, 6.07) is -0.716. The molecule has 8 nitrogen and oxygen atoms in total. The minimum Gasteiger partial charge on any atom is -0.481 e. The maximum absolute atomic E-state index is 10.2. The third-order valence-electron chi connectivity index (χ3n) is 5.07. The smallest absolute Gasteiger partial charge is 0.320 e. The van der Waals surface area contributed by atoms with Crippen molar-refractivity contribution in [2.24, 2.45) is 11.5 Å². The van der Waals surface area contributed by atoms with Gasteiger partial charge in [0, 0.05) is 34.8 Å². The molecule has 2 aliphatic heterocycles. The highest BCUT2D eigenvalue weighted by Gasteiger charge is 2.16. The Balaban J connectivity index is 0.000000484. The SMILES string of the molecule is NCCCC[C@H](N)C(=O)O.O=C(O)CCCC[C@H]1CCSS1.O=C(O)CCCC[C@H]1CCSS1. The van der Waals surface area contributed by atoms with Crippen LogP contribution in [0, 0.1) is 0 Å². The first-order chi connectivity index (χ1) is 16.3. The fourth-order valence-electron chi connectivity index (χ4n) is 3.06. The lowest BCUT2D eigenvalue weighted by atomic mass is 10.1. The van der Waals surface area contributed by atoms with Crippen LogP contribution in [0.2, 0.25) is 0 Å². The number of carboxylic acid groups (broad SMARTS) is 3. The Morgan fingerprint density at radius 3 is 1.56 bits per heavy atom. The Kier molecular flexibility index (Phi) is 23.0. The number of hydrogen-bond donors (Lipinski definition) is 5. The summed E-state index contributed by atoms with van der Waals surface area (Å²) < 4.78 is 0. The van der Waals surface area contributed by atoms with E-state index in [4.69, 9.17) is 26.8 Å². The number of aliphatic carboxylic acids is 3. The molecule has 34 heavy (non-hydrogen) atoms. The number of rotatable bonds is 15. The van der Waals surface area contributed by atoms with E-state index in [-0.39, 0.29) is 0 Å².